The number of rotatable bonds is 4. The first kappa shape index (κ1) is 14.0. The minimum absolute atomic E-state index is 0.261. The SMILES string of the molecule is NC(=O)c1ccccc1NC(=O)c1csc(-n2cccc2)n1. The summed E-state index contributed by atoms with van der Waals surface area (Å²) in [4.78, 5) is 27.9. The van der Waals surface area contributed by atoms with Gasteiger partial charge in [0.25, 0.3) is 11.8 Å². The van der Waals surface area contributed by atoms with Crippen LogP contribution in [0.3, 0.4) is 0 Å². The second-order valence-corrected chi connectivity index (χ2v) is 5.31. The zero-order chi connectivity index (χ0) is 15.5. The Kier molecular flexibility index (Phi) is 3.71. The molecule has 3 rings (SSSR count). The van der Waals surface area contributed by atoms with Crippen LogP contribution in [-0.4, -0.2) is 21.4 Å². The Morgan fingerprint density at radius 1 is 1.14 bits per heavy atom. The molecule has 0 radical (unpaired) electrons. The molecule has 0 aliphatic carbocycles. The first-order valence-corrected chi connectivity index (χ1v) is 7.32. The van der Waals surface area contributed by atoms with Crippen molar-refractivity contribution < 1.29 is 9.59 Å². The molecule has 3 aromatic rings. The number of para-hydroxylation sites is 1. The van der Waals surface area contributed by atoms with Crippen molar-refractivity contribution in [3.63, 3.8) is 0 Å². The lowest BCUT2D eigenvalue weighted by Crippen LogP contribution is -2.18. The lowest BCUT2D eigenvalue weighted by atomic mass is 10.1. The Labute approximate surface area is 130 Å². The number of nitrogens with two attached hydrogens (primary N) is 1. The third-order valence-corrected chi connectivity index (χ3v) is 3.84. The lowest BCUT2D eigenvalue weighted by molar-refractivity contribution is 0.100. The zero-order valence-corrected chi connectivity index (χ0v) is 12.2. The van der Waals surface area contributed by atoms with Crippen molar-refractivity contribution in [1.82, 2.24) is 9.55 Å². The van der Waals surface area contributed by atoms with Gasteiger partial charge in [-0.15, -0.1) is 11.3 Å². The van der Waals surface area contributed by atoms with Crippen LogP contribution in [0.4, 0.5) is 5.69 Å². The number of nitrogens with zero attached hydrogens (tertiary/aromatic N) is 2. The fraction of sp³-hybridized carbons (Fsp3) is 0. The molecule has 0 unspecified atom stereocenters. The van der Waals surface area contributed by atoms with E-state index >= 15 is 0 Å². The maximum absolute atomic E-state index is 12.2. The number of hydrogen-bond donors (Lipinski definition) is 2. The molecule has 110 valence electrons. The highest BCUT2D eigenvalue weighted by Crippen LogP contribution is 2.18. The highest BCUT2D eigenvalue weighted by atomic mass is 32.1. The molecule has 0 bridgehead atoms. The normalized spacial score (nSPS) is 10.4. The van der Waals surface area contributed by atoms with Crippen molar-refractivity contribution in [1.29, 1.82) is 0 Å². The highest BCUT2D eigenvalue weighted by Gasteiger charge is 2.14. The average molecular weight is 312 g/mol. The Morgan fingerprint density at radius 3 is 2.59 bits per heavy atom. The number of benzene rings is 1. The van der Waals surface area contributed by atoms with E-state index in [9.17, 15) is 9.59 Å². The van der Waals surface area contributed by atoms with Crippen molar-refractivity contribution in [2.45, 2.75) is 0 Å². The molecule has 0 spiro atoms. The maximum atomic E-state index is 12.2. The number of anilines is 1. The second kappa shape index (κ2) is 5.82. The molecule has 0 atom stereocenters. The molecule has 6 nitrogen and oxygen atoms in total. The Hall–Kier alpha value is -2.93. The Bertz CT molecular complexity index is 824. The van der Waals surface area contributed by atoms with E-state index in [0.29, 0.717) is 10.8 Å². The molecular formula is C15H12N4O2S. The van der Waals surface area contributed by atoms with Crippen LogP contribution in [0.15, 0.2) is 54.2 Å². The molecule has 22 heavy (non-hydrogen) atoms. The maximum Gasteiger partial charge on any atom is 0.275 e. The van der Waals surface area contributed by atoms with Gasteiger partial charge in [0.1, 0.15) is 5.69 Å². The number of nitrogens with one attached hydrogen (secondary N) is 1. The molecule has 0 saturated carbocycles. The topological polar surface area (TPSA) is 90.0 Å². The summed E-state index contributed by atoms with van der Waals surface area (Å²) in [5.41, 5.74) is 6.21. The molecule has 3 N–H and O–H groups in total. The van der Waals surface area contributed by atoms with E-state index in [1.807, 2.05) is 29.1 Å². The predicted molar refractivity (Wildman–Crippen MR) is 84.4 cm³/mol. The van der Waals surface area contributed by atoms with Gasteiger partial charge in [0, 0.05) is 17.8 Å². The molecular weight excluding hydrogens is 300 g/mol. The lowest BCUT2D eigenvalue weighted by Gasteiger charge is -2.07. The summed E-state index contributed by atoms with van der Waals surface area (Å²) >= 11 is 1.36. The van der Waals surface area contributed by atoms with Gasteiger partial charge in [-0.1, -0.05) is 12.1 Å². The van der Waals surface area contributed by atoms with E-state index in [1.165, 1.54) is 11.3 Å². The molecule has 7 heteroatoms. The number of aromatic nitrogens is 2. The summed E-state index contributed by atoms with van der Waals surface area (Å²) in [7, 11) is 0. The number of thiazole rings is 1. The fourth-order valence-corrected chi connectivity index (χ4v) is 2.71. The third-order valence-electron chi connectivity index (χ3n) is 2.99. The van der Waals surface area contributed by atoms with Crippen LogP contribution in [0.5, 0.6) is 0 Å². The zero-order valence-electron chi connectivity index (χ0n) is 11.4. The summed E-state index contributed by atoms with van der Waals surface area (Å²) in [5, 5.41) is 5.02. The van der Waals surface area contributed by atoms with Gasteiger partial charge in [-0.2, -0.15) is 0 Å². The first-order valence-electron chi connectivity index (χ1n) is 6.44. The fourth-order valence-electron chi connectivity index (χ4n) is 1.94. The Morgan fingerprint density at radius 2 is 1.86 bits per heavy atom. The van der Waals surface area contributed by atoms with E-state index < -0.39 is 5.91 Å². The molecule has 2 heterocycles. The second-order valence-electron chi connectivity index (χ2n) is 4.47. The van der Waals surface area contributed by atoms with E-state index in [2.05, 4.69) is 10.3 Å². The number of carbonyl (C=O) groups excluding carboxylic acids is 2. The number of carbonyl (C=O) groups is 2. The molecule has 2 aromatic heterocycles. The van der Waals surface area contributed by atoms with Crippen molar-refractivity contribution in [3.05, 3.63) is 65.4 Å². The van der Waals surface area contributed by atoms with E-state index in [4.69, 9.17) is 5.73 Å². The molecule has 1 aromatic carbocycles. The van der Waals surface area contributed by atoms with Gasteiger partial charge >= 0.3 is 0 Å². The van der Waals surface area contributed by atoms with Crippen molar-refractivity contribution in [3.8, 4) is 5.13 Å². The standard InChI is InChI=1S/C15H12N4O2S/c16-13(20)10-5-1-2-6-11(10)17-14(21)12-9-22-15(18-12)19-7-3-4-8-19/h1-9H,(H2,16,20)(H,17,21). The molecule has 0 saturated heterocycles. The van der Waals surface area contributed by atoms with Gasteiger partial charge in [0.05, 0.1) is 11.3 Å². The van der Waals surface area contributed by atoms with E-state index in [1.54, 1.807) is 29.6 Å². The van der Waals surface area contributed by atoms with Gasteiger partial charge in [0.15, 0.2) is 5.13 Å². The van der Waals surface area contributed by atoms with Gasteiger partial charge in [-0.05, 0) is 24.3 Å². The van der Waals surface area contributed by atoms with Crippen LogP contribution in [0.1, 0.15) is 20.8 Å². The van der Waals surface area contributed by atoms with Gasteiger partial charge in [-0.3, -0.25) is 9.59 Å². The quantitative estimate of drug-likeness (QED) is 0.774. The molecule has 0 aliphatic heterocycles. The largest absolute Gasteiger partial charge is 0.366 e. The summed E-state index contributed by atoms with van der Waals surface area (Å²) in [6, 6.07) is 10.3. The smallest absolute Gasteiger partial charge is 0.275 e. The summed E-state index contributed by atoms with van der Waals surface area (Å²) < 4.78 is 1.82. The highest BCUT2D eigenvalue weighted by molar-refractivity contribution is 7.12. The number of amides is 2. The van der Waals surface area contributed by atoms with Gasteiger partial charge < -0.3 is 15.6 Å². The van der Waals surface area contributed by atoms with E-state index in [0.717, 1.165) is 0 Å². The van der Waals surface area contributed by atoms with Crippen LogP contribution in [-0.2, 0) is 0 Å². The van der Waals surface area contributed by atoms with Gasteiger partial charge in [-0.25, -0.2) is 4.98 Å². The van der Waals surface area contributed by atoms with E-state index in [-0.39, 0.29) is 17.2 Å². The number of primary amides is 1. The molecule has 0 fully saturated rings. The average Bonchev–Trinajstić information content (AvgIpc) is 3.18. The van der Waals surface area contributed by atoms with Crippen LogP contribution in [0.25, 0.3) is 5.13 Å². The summed E-state index contributed by atoms with van der Waals surface area (Å²) in [6.07, 6.45) is 3.70. The minimum Gasteiger partial charge on any atom is -0.366 e. The van der Waals surface area contributed by atoms with Crippen LogP contribution < -0.4 is 11.1 Å². The first-order chi connectivity index (χ1) is 10.6. The molecule has 0 aliphatic rings. The number of hydrogen-bond acceptors (Lipinski definition) is 4. The van der Waals surface area contributed by atoms with Crippen LogP contribution in [0.2, 0.25) is 0 Å². The van der Waals surface area contributed by atoms with Crippen molar-refractivity contribution in [2.24, 2.45) is 5.73 Å². The molecule has 2 amide bonds. The van der Waals surface area contributed by atoms with Crippen molar-refractivity contribution in [2.75, 3.05) is 5.32 Å². The van der Waals surface area contributed by atoms with Crippen LogP contribution in [0, 0.1) is 0 Å². The summed E-state index contributed by atoms with van der Waals surface area (Å²) in [6.45, 7) is 0. The monoisotopic (exact) mass is 312 g/mol. The van der Waals surface area contributed by atoms with Gasteiger partial charge in [0.2, 0.25) is 0 Å². The third kappa shape index (κ3) is 2.75. The predicted octanol–water partition coefficient (Wildman–Crippen LogP) is 2.29. The van der Waals surface area contributed by atoms with Crippen molar-refractivity contribution >= 4 is 28.8 Å². The Balaban J connectivity index is 1.82. The minimum atomic E-state index is -0.595. The summed E-state index contributed by atoms with van der Waals surface area (Å²) in [5.74, 6) is -0.981. The van der Waals surface area contributed by atoms with Crippen LogP contribution >= 0.6 is 11.3 Å².